The molecule has 1 heterocycles. The van der Waals surface area contributed by atoms with Gasteiger partial charge in [-0.15, -0.1) is 0 Å². The van der Waals surface area contributed by atoms with Gasteiger partial charge in [-0.3, -0.25) is 4.79 Å². The average molecular weight is 513 g/mol. The number of ether oxygens (including phenoxy) is 2. The molecule has 0 bridgehead atoms. The van der Waals surface area contributed by atoms with Crippen molar-refractivity contribution >= 4 is 39.3 Å². The number of benzene rings is 2. The van der Waals surface area contributed by atoms with Gasteiger partial charge in [0.2, 0.25) is 15.9 Å². The molecule has 1 fully saturated rings. The Balaban J connectivity index is 1.49. The fraction of sp³-hybridized carbons (Fsp3) is 0.435. The molecule has 0 unspecified atom stereocenters. The second-order valence-electron chi connectivity index (χ2n) is 7.48. The largest absolute Gasteiger partial charge is 0.496 e. The van der Waals surface area contributed by atoms with Crippen molar-refractivity contribution in [1.29, 1.82) is 0 Å². The minimum Gasteiger partial charge on any atom is -0.496 e. The van der Waals surface area contributed by atoms with Crippen molar-refractivity contribution in [2.45, 2.75) is 23.5 Å². The zero-order chi connectivity index (χ0) is 23.7. The summed E-state index contributed by atoms with van der Waals surface area (Å²) in [7, 11) is -2.08. The zero-order valence-electron chi connectivity index (χ0n) is 18.6. The highest BCUT2D eigenvalue weighted by Crippen LogP contribution is 2.26. The molecule has 7 nitrogen and oxygen atoms in total. The van der Waals surface area contributed by atoms with Gasteiger partial charge in [0, 0.05) is 42.6 Å². The van der Waals surface area contributed by atoms with Crippen LogP contribution in [0.4, 0.5) is 0 Å². The highest BCUT2D eigenvalue weighted by molar-refractivity contribution is 7.98. The molecule has 0 aromatic heterocycles. The maximum absolute atomic E-state index is 12.9. The Hall–Kier alpha value is -1.78. The second kappa shape index (κ2) is 12.6. The van der Waals surface area contributed by atoms with E-state index in [1.807, 2.05) is 24.3 Å². The lowest BCUT2D eigenvalue weighted by atomic mass is 10.1. The molecule has 3 rings (SSSR count). The maximum atomic E-state index is 12.9. The van der Waals surface area contributed by atoms with Gasteiger partial charge in [-0.1, -0.05) is 29.8 Å². The number of thioether (sulfide) groups is 1. The summed E-state index contributed by atoms with van der Waals surface area (Å²) in [4.78, 5) is 12.5. The molecule has 33 heavy (non-hydrogen) atoms. The van der Waals surface area contributed by atoms with Crippen LogP contribution in [0.2, 0.25) is 5.02 Å². The molecule has 2 aromatic carbocycles. The van der Waals surface area contributed by atoms with Crippen LogP contribution in [0.15, 0.2) is 47.4 Å². The molecule has 1 saturated heterocycles. The summed E-state index contributed by atoms with van der Waals surface area (Å²) in [5, 5.41) is 3.66. The third-order valence-electron chi connectivity index (χ3n) is 5.27. The van der Waals surface area contributed by atoms with Gasteiger partial charge in [-0.2, -0.15) is 16.1 Å². The summed E-state index contributed by atoms with van der Waals surface area (Å²) in [6, 6.07) is 12.5. The molecule has 1 aliphatic heterocycles. The Labute approximate surface area is 204 Å². The summed E-state index contributed by atoms with van der Waals surface area (Å²) in [6.45, 7) is 2.00. The summed E-state index contributed by atoms with van der Waals surface area (Å²) >= 11 is 7.86. The first-order valence-corrected chi connectivity index (χ1v) is 13.7. The molecule has 1 amide bonds. The van der Waals surface area contributed by atoms with Gasteiger partial charge in [0.05, 0.1) is 25.2 Å². The van der Waals surface area contributed by atoms with Crippen molar-refractivity contribution < 1.29 is 22.7 Å². The van der Waals surface area contributed by atoms with Gasteiger partial charge in [0.1, 0.15) is 5.75 Å². The van der Waals surface area contributed by atoms with E-state index in [4.69, 9.17) is 21.1 Å². The maximum Gasteiger partial charge on any atom is 0.243 e. The first kappa shape index (κ1) is 25.8. The zero-order valence-corrected chi connectivity index (χ0v) is 21.0. The summed E-state index contributed by atoms with van der Waals surface area (Å²) in [6.07, 6.45) is 0.626. The molecule has 10 heteroatoms. The van der Waals surface area contributed by atoms with E-state index in [1.165, 1.54) is 11.4 Å². The van der Waals surface area contributed by atoms with Crippen molar-refractivity contribution in [3.8, 4) is 5.75 Å². The van der Waals surface area contributed by atoms with E-state index in [-0.39, 0.29) is 17.2 Å². The highest BCUT2D eigenvalue weighted by Gasteiger charge is 2.27. The van der Waals surface area contributed by atoms with E-state index < -0.39 is 10.0 Å². The van der Waals surface area contributed by atoms with Gasteiger partial charge in [0.25, 0.3) is 0 Å². The van der Waals surface area contributed by atoms with Crippen LogP contribution in [0.3, 0.4) is 0 Å². The average Bonchev–Trinajstić information content (AvgIpc) is 2.84. The van der Waals surface area contributed by atoms with E-state index in [2.05, 4.69) is 5.32 Å². The number of halogens is 1. The van der Waals surface area contributed by atoms with E-state index in [9.17, 15) is 13.2 Å². The molecule has 2 aromatic rings. The first-order chi connectivity index (χ1) is 15.9. The number of amides is 1. The molecular weight excluding hydrogens is 484 g/mol. The number of rotatable bonds is 11. The Morgan fingerprint density at radius 2 is 1.94 bits per heavy atom. The lowest BCUT2D eigenvalue weighted by Gasteiger charge is -2.26. The lowest BCUT2D eigenvalue weighted by molar-refractivity contribution is -0.120. The molecule has 0 spiro atoms. The van der Waals surface area contributed by atoms with E-state index in [0.29, 0.717) is 50.6 Å². The summed E-state index contributed by atoms with van der Waals surface area (Å²) in [5.41, 5.74) is 1.77. The normalized spacial score (nSPS) is 14.7. The Kier molecular flexibility index (Phi) is 9.88. The Morgan fingerprint density at radius 1 is 1.18 bits per heavy atom. The van der Waals surface area contributed by atoms with Crippen molar-refractivity contribution in [3.63, 3.8) is 0 Å². The van der Waals surface area contributed by atoms with Gasteiger partial charge in [-0.05, 0) is 41.8 Å². The minimum absolute atomic E-state index is 0.0863. The fourth-order valence-corrected chi connectivity index (χ4v) is 6.05. The number of sulfonamides is 1. The predicted molar refractivity (Wildman–Crippen MR) is 132 cm³/mol. The quantitative estimate of drug-likeness (QED) is 0.465. The van der Waals surface area contributed by atoms with Crippen LogP contribution in [0, 0.1) is 0 Å². The number of aryl methyl sites for hydroxylation is 1. The lowest BCUT2D eigenvalue weighted by Crippen LogP contribution is -2.40. The van der Waals surface area contributed by atoms with Crippen LogP contribution in [0.1, 0.15) is 17.5 Å². The van der Waals surface area contributed by atoms with Gasteiger partial charge >= 0.3 is 0 Å². The van der Waals surface area contributed by atoms with Crippen molar-refractivity contribution in [2.75, 3.05) is 45.7 Å². The molecule has 1 N–H and O–H groups in total. The van der Waals surface area contributed by atoms with Gasteiger partial charge < -0.3 is 14.8 Å². The van der Waals surface area contributed by atoms with Crippen molar-refractivity contribution in [3.05, 3.63) is 58.6 Å². The third-order valence-corrected chi connectivity index (χ3v) is 8.54. The van der Waals surface area contributed by atoms with E-state index in [0.717, 1.165) is 22.1 Å². The molecule has 0 radical (unpaired) electrons. The topological polar surface area (TPSA) is 84.9 Å². The number of carbonyl (C=O) groups excluding carboxylic acids is 1. The van der Waals surface area contributed by atoms with Crippen LogP contribution in [-0.4, -0.2) is 64.3 Å². The predicted octanol–water partition coefficient (Wildman–Crippen LogP) is 3.35. The Bertz CT molecular complexity index is 1040. The molecule has 0 saturated carbocycles. The highest BCUT2D eigenvalue weighted by atomic mass is 35.5. The second-order valence-corrected chi connectivity index (χ2v) is 10.9. The van der Waals surface area contributed by atoms with E-state index >= 15 is 0 Å². The number of hydrogen-bond acceptors (Lipinski definition) is 6. The smallest absolute Gasteiger partial charge is 0.243 e. The number of hydrogen-bond donors (Lipinski definition) is 1. The SMILES string of the molecule is COc1ccc(S(=O)(=O)N2CCOCC2)cc1CCC(=O)NCCSCc1ccccc1Cl. The van der Waals surface area contributed by atoms with Gasteiger partial charge in [0.15, 0.2) is 0 Å². The van der Waals surface area contributed by atoms with Crippen LogP contribution in [0.5, 0.6) is 5.75 Å². The van der Waals surface area contributed by atoms with Crippen LogP contribution in [0.25, 0.3) is 0 Å². The molecule has 0 aliphatic carbocycles. The number of carbonyl (C=O) groups is 1. The monoisotopic (exact) mass is 512 g/mol. The fourth-order valence-electron chi connectivity index (χ4n) is 3.44. The summed E-state index contributed by atoms with van der Waals surface area (Å²) in [5.74, 6) is 2.04. The number of nitrogens with zero attached hydrogens (tertiary/aromatic N) is 1. The van der Waals surface area contributed by atoms with Crippen LogP contribution in [-0.2, 0) is 31.7 Å². The number of morpholine rings is 1. The van der Waals surface area contributed by atoms with Crippen LogP contribution < -0.4 is 10.1 Å². The molecule has 0 atom stereocenters. The minimum atomic E-state index is -3.61. The molecule has 1 aliphatic rings. The molecular formula is C23H29ClN2O5S2. The Morgan fingerprint density at radius 3 is 2.67 bits per heavy atom. The first-order valence-electron chi connectivity index (χ1n) is 10.7. The van der Waals surface area contributed by atoms with Gasteiger partial charge in [-0.25, -0.2) is 8.42 Å². The van der Waals surface area contributed by atoms with Crippen molar-refractivity contribution in [1.82, 2.24) is 9.62 Å². The standard InChI is InChI=1S/C23H29ClN2O5S2/c1-30-22-8-7-20(33(28,29)26-11-13-31-14-12-26)16-18(22)6-9-23(27)25-10-15-32-17-19-4-2-3-5-21(19)24/h2-5,7-8,16H,6,9-15,17H2,1H3,(H,25,27). The third kappa shape index (κ3) is 7.35. The van der Waals surface area contributed by atoms with E-state index in [1.54, 1.807) is 30.0 Å². The van der Waals surface area contributed by atoms with Crippen LogP contribution >= 0.6 is 23.4 Å². The number of methoxy groups -OCH3 is 1. The molecule has 180 valence electrons. The van der Waals surface area contributed by atoms with Crippen molar-refractivity contribution in [2.24, 2.45) is 0 Å². The summed E-state index contributed by atoms with van der Waals surface area (Å²) < 4.78 is 37.9. The number of nitrogens with one attached hydrogen (secondary N) is 1.